The summed E-state index contributed by atoms with van der Waals surface area (Å²) in [4.78, 5) is 19.5. The Morgan fingerprint density at radius 2 is 1.62 bits per heavy atom. The lowest BCUT2D eigenvalue weighted by atomic mass is 10.0. The summed E-state index contributed by atoms with van der Waals surface area (Å²) in [5.74, 6) is -0.959. The maximum atomic E-state index is 13.7. The van der Waals surface area contributed by atoms with Crippen LogP contribution in [0.2, 0.25) is 0 Å². The topological polar surface area (TPSA) is 99.4 Å². The van der Waals surface area contributed by atoms with Gasteiger partial charge in [-0.25, -0.2) is 14.8 Å². The van der Waals surface area contributed by atoms with Crippen molar-refractivity contribution in [3.8, 4) is 39.8 Å². The number of benzene rings is 3. The molecule has 0 spiro atoms. The molecule has 202 valence electrons. The lowest BCUT2D eigenvalue weighted by Crippen LogP contribution is -2.18. The molecule has 0 aliphatic carbocycles. The zero-order chi connectivity index (χ0) is 28.3. The van der Waals surface area contributed by atoms with Crippen molar-refractivity contribution in [2.24, 2.45) is 0 Å². The van der Waals surface area contributed by atoms with Gasteiger partial charge in [-0.15, -0.1) is 0 Å². The number of halogens is 3. The van der Waals surface area contributed by atoms with Gasteiger partial charge in [-0.05, 0) is 47.0 Å². The van der Waals surface area contributed by atoms with Gasteiger partial charge in [-0.2, -0.15) is 23.0 Å². The number of nitrogens with zero attached hydrogens (tertiary/aromatic N) is 4. The molecule has 0 bridgehead atoms. The summed E-state index contributed by atoms with van der Waals surface area (Å²) in [5.41, 5.74) is 1.30. The number of carboxylic acid groups (broad SMARTS) is 1. The first-order valence-electron chi connectivity index (χ1n) is 11.9. The first kappa shape index (κ1) is 26.4. The van der Waals surface area contributed by atoms with Gasteiger partial charge in [-0.3, -0.25) is 0 Å². The van der Waals surface area contributed by atoms with Crippen LogP contribution in [0.4, 0.5) is 13.2 Å². The zero-order valence-electron chi connectivity index (χ0n) is 21.0. The highest BCUT2D eigenvalue weighted by Crippen LogP contribution is 2.34. The molecule has 0 saturated heterocycles. The number of hydrogen-bond donors (Lipinski definition) is 1. The van der Waals surface area contributed by atoms with Crippen LogP contribution < -0.4 is 9.47 Å². The van der Waals surface area contributed by atoms with Crippen LogP contribution in [0.5, 0.6) is 11.5 Å². The third kappa shape index (κ3) is 5.48. The Labute approximate surface area is 226 Å². The molecular formula is C29H21F3N4O4. The Morgan fingerprint density at radius 3 is 2.27 bits per heavy atom. The average molecular weight is 547 g/mol. The Hall–Kier alpha value is -5.19. The summed E-state index contributed by atoms with van der Waals surface area (Å²) in [6, 6.07) is 24.0. The van der Waals surface area contributed by atoms with E-state index in [9.17, 15) is 23.1 Å². The van der Waals surface area contributed by atoms with Gasteiger partial charge < -0.3 is 14.6 Å². The Balaban J connectivity index is 1.38. The second kappa shape index (κ2) is 10.9. The third-order valence-corrected chi connectivity index (χ3v) is 6.04. The number of aromatic nitrogens is 4. The van der Waals surface area contributed by atoms with E-state index in [2.05, 4.69) is 15.1 Å². The van der Waals surface area contributed by atoms with Gasteiger partial charge in [-0.1, -0.05) is 48.5 Å². The van der Waals surface area contributed by atoms with Gasteiger partial charge in [0.25, 0.3) is 5.95 Å². The molecule has 3 aromatic carbocycles. The van der Waals surface area contributed by atoms with Crippen LogP contribution in [0, 0.1) is 0 Å². The molecule has 0 aliphatic heterocycles. The summed E-state index contributed by atoms with van der Waals surface area (Å²) in [6.45, 7) is 0.233. The summed E-state index contributed by atoms with van der Waals surface area (Å²) in [6.07, 6.45) is -3.10. The second-order valence-corrected chi connectivity index (χ2v) is 8.57. The van der Waals surface area contributed by atoms with Crippen LogP contribution in [0.3, 0.4) is 0 Å². The van der Waals surface area contributed by atoms with Crippen molar-refractivity contribution in [1.82, 2.24) is 19.7 Å². The second-order valence-electron chi connectivity index (χ2n) is 8.57. The molecule has 0 saturated carbocycles. The lowest BCUT2D eigenvalue weighted by molar-refractivity contribution is -0.143. The molecule has 11 heteroatoms. The predicted octanol–water partition coefficient (Wildman–Crippen LogP) is 6.30. The standard InChI is InChI=1S/C29H21F3N4O4/c1-39-21-12-10-20(11-13-21)19-8-6-18(7-9-19)17-40-25-5-3-2-4-22(25)24-14-15-33-28(35-24)36-26(29(30,31)32)23(16-34-36)27(37)38/h2-16H,17H2,1H3,(H,37,38). The van der Waals surface area contributed by atoms with Crippen molar-refractivity contribution in [2.45, 2.75) is 12.8 Å². The number of para-hydroxylation sites is 1. The molecule has 0 unspecified atom stereocenters. The van der Waals surface area contributed by atoms with E-state index in [-0.39, 0.29) is 12.3 Å². The van der Waals surface area contributed by atoms with Crippen molar-refractivity contribution in [1.29, 1.82) is 0 Å². The summed E-state index contributed by atoms with van der Waals surface area (Å²) in [7, 11) is 1.62. The highest BCUT2D eigenvalue weighted by Gasteiger charge is 2.41. The molecule has 5 rings (SSSR count). The number of aromatic carboxylic acids is 1. The summed E-state index contributed by atoms with van der Waals surface area (Å²) < 4.78 is 52.7. The Kier molecular flexibility index (Phi) is 7.19. The minimum absolute atomic E-state index is 0.233. The summed E-state index contributed by atoms with van der Waals surface area (Å²) >= 11 is 0. The quantitative estimate of drug-likeness (QED) is 0.244. The van der Waals surface area contributed by atoms with Crippen molar-refractivity contribution < 1.29 is 32.5 Å². The van der Waals surface area contributed by atoms with Crippen molar-refractivity contribution >= 4 is 5.97 Å². The van der Waals surface area contributed by atoms with E-state index in [4.69, 9.17) is 9.47 Å². The fourth-order valence-corrected chi connectivity index (χ4v) is 4.07. The van der Waals surface area contributed by atoms with E-state index in [1.165, 1.54) is 12.3 Å². The van der Waals surface area contributed by atoms with E-state index in [0.717, 1.165) is 22.4 Å². The van der Waals surface area contributed by atoms with Crippen LogP contribution >= 0.6 is 0 Å². The molecule has 40 heavy (non-hydrogen) atoms. The molecule has 8 nitrogen and oxygen atoms in total. The Bertz CT molecular complexity index is 1650. The molecule has 0 amide bonds. The maximum Gasteiger partial charge on any atom is 0.434 e. The maximum absolute atomic E-state index is 13.7. The van der Waals surface area contributed by atoms with Gasteiger partial charge >= 0.3 is 12.1 Å². The number of carbonyl (C=O) groups is 1. The molecule has 0 fully saturated rings. The minimum Gasteiger partial charge on any atom is -0.497 e. The summed E-state index contributed by atoms with van der Waals surface area (Å²) in [5, 5.41) is 12.8. The molecule has 2 heterocycles. The van der Waals surface area contributed by atoms with Gasteiger partial charge in [0, 0.05) is 11.8 Å². The lowest BCUT2D eigenvalue weighted by Gasteiger charge is -2.13. The molecule has 5 aromatic rings. The van der Waals surface area contributed by atoms with Crippen LogP contribution in [0.15, 0.2) is 91.3 Å². The molecule has 1 N–H and O–H groups in total. The number of carboxylic acids is 1. The smallest absolute Gasteiger partial charge is 0.434 e. The van der Waals surface area contributed by atoms with Gasteiger partial charge in [0.1, 0.15) is 23.7 Å². The zero-order valence-corrected chi connectivity index (χ0v) is 21.0. The van der Waals surface area contributed by atoms with E-state index in [0.29, 0.717) is 22.2 Å². The van der Waals surface area contributed by atoms with Crippen LogP contribution in [-0.4, -0.2) is 37.9 Å². The first-order chi connectivity index (χ1) is 19.2. The fourth-order valence-electron chi connectivity index (χ4n) is 4.07. The third-order valence-electron chi connectivity index (χ3n) is 6.04. The molecule has 0 atom stereocenters. The number of ether oxygens (including phenoxy) is 2. The SMILES string of the molecule is COc1ccc(-c2ccc(COc3ccccc3-c3ccnc(-n4ncc(C(=O)O)c4C(F)(F)F)n3)cc2)cc1. The predicted molar refractivity (Wildman–Crippen MR) is 139 cm³/mol. The molecule has 0 radical (unpaired) electrons. The number of alkyl halides is 3. The van der Waals surface area contributed by atoms with Crippen LogP contribution in [0.25, 0.3) is 28.3 Å². The average Bonchev–Trinajstić information content (AvgIpc) is 3.44. The molecule has 2 aromatic heterocycles. The van der Waals surface area contributed by atoms with Gasteiger partial charge in [0.2, 0.25) is 0 Å². The number of methoxy groups -OCH3 is 1. The highest BCUT2D eigenvalue weighted by molar-refractivity contribution is 5.89. The van der Waals surface area contributed by atoms with Crippen LogP contribution in [0.1, 0.15) is 21.6 Å². The van der Waals surface area contributed by atoms with E-state index < -0.39 is 29.4 Å². The molecule has 0 aliphatic rings. The largest absolute Gasteiger partial charge is 0.497 e. The van der Waals surface area contributed by atoms with E-state index in [1.54, 1.807) is 31.4 Å². The van der Waals surface area contributed by atoms with E-state index in [1.807, 2.05) is 48.5 Å². The normalized spacial score (nSPS) is 11.3. The highest BCUT2D eigenvalue weighted by atomic mass is 19.4. The monoisotopic (exact) mass is 546 g/mol. The first-order valence-corrected chi connectivity index (χ1v) is 11.9. The van der Waals surface area contributed by atoms with Crippen LogP contribution in [-0.2, 0) is 12.8 Å². The van der Waals surface area contributed by atoms with Crippen molar-refractivity contribution in [2.75, 3.05) is 7.11 Å². The number of rotatable bonds is 8. The van der Waals surface area contributed by atoms with Gasteiger partial charge in [0.05, 0.1) is 19.0 Å². The number of hydrogen-bond acceptors (Lipinski definition) is 6. The molecular weight excluding hydrogens is 525 g/mol. The van der Waals surface area contributed by atoms with Gasteiger partial charge in [0.15, 0.2) is 5.69 Å². The van der Waals surface area contributed by atoms with Crippen molar-refractivity contribution in [3.05, 3.63) is 108 Å². The van der Waals surface area contributed by atoms with Crippen molar-refractivity contribution in [3.63, 3.8) is 0 Å². The fraction of sp³-hybridized carbons (Fsp3) is 0.103. The Morgan fingerprint density at radius 1 is 0.950 bits per heavy atom. The minimum atomic E-state index is -4.99. The van der Waals surface area contributed by atoms with E-state index >= 15 is 0 Å².